The second-order valence-corrected chi connectivity index (χ2v) is 11.0. The summed E-state index contributed by atoms with van der Waals surface area (Å²) in [7, 11) is -2.25. The Kier molecular flexibility index (Phi) is 5.74. The molecule has 0 unspecified atom stereocenters. The lowest BCUT2D eigenvalue weighted by molar-refractivity contribution is 0.419. The van der Waals surface area contributed by atoms with Crippen LogP contribution in [0.15, 0.2) is 59.6 Å². The highest BCUT2D eigenvalue weighted by Crippen LogP contribution is 2.31. The minimum absolute atomic E-state index is 0.0559. The average Bonchev–Trinajstić information content (AvgIpc) is 3.10. The summed E-state index contributed by atoms with van der Waals surface area (Å²) in [5, 5.41) is 5.31. The largest absolute Gasteiger partial charge is 0.494 e. The molecule has 0 fully saturated rings. The van der Waals surface area contributed by atoms with E-state index in [1.807, 2.05) is 32.9 Å². The molecule has 0 spiro atoms. The van der Waals surface area contributed by atoms with Gasteiger partial charge in [0.2, 0.25) is 0 Å². The van der Waals surface area contributed by atoms with E-state index in [9.17, 15) is 12.8 Å². The molecule has 0 amide bonds. The van der Waals surface area contributed by atoms with E-state index in [-0.39, 0.29) is 10.6 Å². The molecule has 6 nitrogen and oxygen atoms in total. The average molecular weight is 468 g/mol. The lowest BCUT2D eigenvalue weighted by Gasteiger charge is -2.20. The fourth-order valence-corrected chi connectivity index (χ4v) is 5.24. The lowest BCUT2D eigenvalue weighted by Crippen LogP contribution is -2.15. The molecule has 4 rings (SSSR count). The van der Waals surface area contributed by atoms with E-state index in [0.29, 0.717) is 33.9 Å². The van der Waals surface area contributed by atoms with Crippen molar-refractivity contribution in [1.29, 1.82) is 0 Å². The maximum atomic E-state index is 14.7. The van der Waals surface area contributed by atoms with E-state index in [4.69, 9.17) is 4.74 Å². The van der Waals surface area contributed by atoms with Gasteiger partial charge in [-0.25, -0.2) is 17.5 Å². The Morgan fingerprint density at radius 2 is 1.85 bits per heavy atom. The minimum Gasteiger partial charge on any atom is -0.494 e. The number of aryl methyl sites for hydroxylation is 1. The molecule has 2 aromatic heterocycles. The molecule has 0 aliphatic carbocycles. The molecular weight excluding hydrogens is 441 g/mol. The number of methoxy groups -OCH3 is 1. The fourth-order valence-electron chi connectivity index (χ4n) is 3.92. The van der Waals surface area contributed by atoms with E-state index >= 15 is 0 Å². The van der Waals surface area contributed by atoms with Crippen molar-refractivity contribution in [3.05, 3.63) is 77.5 Å². The predicted octanol–water partition coefficient (Wildman–Crippen LogP) is 5.15. The summed E-state index contributed by atoms with van der Waals surface area (Å²) in [6.45, 7) is 7.45. The fraction of sp³-hybridized carbons (Fsp3) is 0.280. The molecule has 0 aliphatic rings. The van der Waals surface area contributed by atoms with E-state index in [1.54, 1.807) is 49.2 Å². The summed E-state index contributed by atoms with van der Waals surface area (Å²) in [5.74, 6) is -0.238. The van der Waals surface area contributed by atoms with Gasteiger partial charge in [0, 0.05) is 11.6 Å². The number of ether oxygens (including phenoxy) is 1. The highest BCUT2D eigenvalue weighted by Gasteiger charge is 2.24. The Morgan fingerprint density at radius 3 is 2.52 bits per heavy atom. The van der Waals surface area contributed by atoms with Gasteiger partial charge in [-0.15, -0.1) is 0 Å². The van der Waals surface area contributed by atoms with Crippen molar-refractivity contribution < 1.29 is 17.5 Å². The molecule has 0 saturated heterocycles. The highest BCUT2D eigenvalue weighted by molar-refractivity contribution is 7.90. The number of pyridine rings is 1. The number of halogens is 1. The van der Waals surface area contributed by atoms with Crippen LogP contribution in [0.4, 0.5) is 4.39 Å². The predicted molar refractivity (Wildman–Crippen MR) is 126 cm³/mol. The molecule has 33 heavy (non-hydrogen) atoms. The van der Waals surface area contributed by atoms with Crippen molar-refractivity contribution in [3.8, 4) is 11.4 Å². The van der Waals surface area contributed by atoms with Crippen LogP contribution < -0.4 is 4.74 Å². The van der Waals surface area contributed by atoms with Gasteiger partial charge in [-0.05, 0) is 60.4 Å². The standard InChI is InChI=1S/C25H26FN3O3S/c1-16-13-17(15-33(30,31)18-8-9-20(21(26)14-18)25(2,3)4)29(28-16)22-10-11-23(32-5)24-19(22)7-6-12-27-24/h6-14H,15H2,1-5H3. The van der Waals surface area contributed by atoms with E-state index in [0.717, 1.165) is 11.5 Å². The zero-order valence-corrected chi connectivity index (χ0v) is 20.1. The van der Waals surface area contributed by atoms with Crippen molar-refractivity contribution in [2.45, 2.75) is 43.8 Å². The van der Waals surface area contributed by atoms with E-state index in [1.165, 1.54) is 6.07 Å². The number of hydrogen-bond acceptors (Lipinski definition) is 5. The normalized spacial score (nSPS) is 12.3. The van der Waals surface area contributed by atoms with Crippen LogP contribution in [-0.4, -0.2) is 30.3 Å². The van der Waals surface area contributed by atoms with Crippen molar-refractivity contribution in [1.82, 2.24) is 14.8 Å². The second-order valence-electron chi connectivity index (χ2n) is 9.03. The molecule has 0 saturated carbocycles. The van der Waals surface area contributed by atoms with Crippen LogP contribution in [0.25, 0.3) is 16.6 Å². The van der Waals surface area contributed by atoms with Gasteiger partial charge in [0.15, 0.2) is 9.84 Å². The first-order valence-corrected chi connectivity index (χ1v) is 12.2. The second kappa shape index (κ2) is 8.26. The van der Waals surface area contributed by atoms with Crippen LogP contribution in [-0.2, 0) is 21.0 Å². The first-order valence-electron chi connectivity index (χ1n) is 10.5. The Balaban J connectivity index is 1.78. The minimum atomic E-state index is -3.82. The van der Waals surface area contributed by atoms with Crippen molar-refractivity contribution in [3.63, 3.8) is 0 Å². The molecule has 8 heteroatoms. The van der Waals surface area contributed by atoms with Crippen molar-refractivity contribution in [2.75, 3.05) is 7.11 Å². The third-order valence-electron chi connectivity index (χ3n) is 5.51. The molecule has 0 bridgehead atoms. The topological polar surface area (TPSA) is 74.1 Å². The molecule has 0 radical (unpaired) electrons. The number of rotatable bonds is 5. The third-order valence-corrected chi connectivity index (χ3v) is 7.16. The lowest BCUT2D eigenvalue weighted by atomic mass is 9.87. The number of aromatic nitrogens is 3. The number of nitrogens with zero attached hydrogens (tertiary/aromatic N) is 3. The van der Waals surface area contributed by atoms with Crippen LogP contribution in [0.1, 0.15) is 37.7 Å². The van der Waals surface area contributed by atoms with Gasteiger partial charge in [-0.2, -0.15) is 5.10 Å². The summed E-state index contributed by atoms with van der Waals surface area (Å²) < 4.78 is 48.2. The maximum Gasteiger partial charge on any atom is 0.184 e. The van der Waals surface area contributed by atoms with Gasteiger partial charge in [-0.1, -0.05) is 26.8 Å². The summed E-state index contributed by atoms with van der Waals surface area (Å²) in [6, 6.07) is 13.1. The van der Waals surface area contributed by atoms with Gasteiger partial charge >= 0.3 is 0 Å². The molecule has 4 aromatic rings. The molecular formula is C25H26FN3O3S. The first-order chi connectivity index (χ1) is 15.5. The SMILES string of the molecule is COc1ccc(-n2nc(C)cc2CS(=O)(=O)c2ccc(C(C)(C)C)c(F)c2)c2cccnc12. The maximum absolute atomic E-state index is 14.7. The molecule has 2 heterocycles. The van der Waals surface area contributed by atoms with Crippen LogP contribution in [0.2, 0.25) is 0 Å². The quantitative estimate of drug-likeness (QED) is 0.406. The number of sulfone groups is 1. The Hall–Kier alpha value is -3.26. The van der Waals surface area contributed by atoms with Gasteiger partial charge in [0.25, 0.3) is 0 Å². The van der Waals surface area contributed by atoms with Crippen LogP contribution in [0.3, 0.4) is 0 Å². The highest BCUT2D eigenvalue weighted by atomic mass is 32.2. The van der Waals surface area contributed by atoms with Gasteiger partial charge in [-0.3, -0.25) is 4.98 Å². The smallest absolute Gasteiger partial charge is 0.184 e. The summed E-state index contributed by atoms with van der Waals surface area (Å²) in [4.78, 5) is 4.35. The third kappa shape index (κ3) is 4.35. The van der Waals surface area contributed by atoms with E-state index < -0.39 is 21.1 Å². The molecule has 172 valence electrons. The monoisotopic (exact) mass is 467 g/mol. The number of hydrogen-bond donors (Lipinski definition) is 0. The van der Waals surface area contributed by atoms with Crippen molar-refractivity contribution >= 4 is 20.7 Å². The molecule has 2 aromatic carbocycles. The molecule has 0 aliphatic heterocycles. The van der Waals surface area contributed by atoms with Gasteiger partial charge in [0.1, 0.15) is 17.1 Å². The van der Waals surface area contributed by atoms with Gasteiger partial charge < -0.3 is 4.74 Å². The zero-order chi connectivity index (χ0) is 24.0. The number of fused-ring (bicyclic) bond motifs is 1. The molecule has 0 N–H and O–H groups in total. The van der Waals surface area contributed by atoms with Crippen LogP contribution in [0, 0.1) is 12.7 Å². The Labute approximate surface area is 193 Å². The number of benzene rings is 2. The first kappa shape index (κ1) is 22.9. The summed E-state index contributed by atoms with van der Waals surface area (Å²) >= 11 is 0. The zero-order valence-electron chi connectivity index (χ0n) is 19.3. The summed E-state index contributed by atoms with van der Waals surface area (Å²) in [5.41, 5.74) is 2.53. The molecule has 0 atom stereocenters. The van der Waals surface area contributed by atoms with E-state index in [2.05, 4.69) is 10.1 Å². The summed E-state index contributed by atoms with van der Waals surface area (Å²) in [6.07, 6.45) is 1.67. The van der Waals surface area contributed by atoms with Crippen LogP contribution in [0.5, 0.6) is 5.75 Å². The van der Waals surface area contributed by atoms with Crippen LogP contribution >= 0.6 is 0 Å². The Bertz CT molecular complexity index is 1450. The van der Waals surface area contributed by atoms with Crippen molar-refractivity contribution in [2.24, 2.45) is 0 Å². The van der Waals surface area contributed by atoms with Gasteiger partial charge in [0.05, 0.1) is 34.8 Å². The Morgan fingerprint density at radius 1 is 1.09 bits per heavy atom.